The van der Waals surface area contributed by atoms with Gasteiger partial charge in [-0.2, -0.15) is 0 Å². The molecule has 0 saturated heterocycles. The topological polar surface area (TPSA) is 25.2 Å². The molecule has 1 heterocycles. The summed E-state index contributed by atoms with van der Waals surface area (Å²) in [6, 6.07) is 8.59. The number of hydrogen-bond donors (Lipinski definition) is 1. The molecule has 1 aromatic carbocycles. The average molecular weight is 396 g/mol. The second-order valence-electron chi connectivity index (χ2n) is 3.16. The Morgan fingerprint density at radius 3 is 2.75 bits per heavy atom. The number of furan rings is 1. The molecule has 1 N–H and O–H groups in total. The molecule has 2 nitrogen and oxygen atoms in total. The zero-order valence-corrected chi connectivity index (χ0v) is 11.9. The van der Waals surface area contributed by atoms with Gasteiger partial charge in [0.1, 0.15) is 11.6 Å². The molecule has 0 atom stereocenters. The fourth-order valence-electron chi connectivity index (χ4n) is 1.29. The number of benzene rings is 1. The maximum atomic E-state index is 13.4. The van der Waals surface area contributed by atoms with Crippen LogP contribution in [0.4, 0.5) is 10.1 Å². The Morgan fingerprint density at radius 1 is 1.31 bits per heavy atom. The van der Waals surface area contributed by atoms with Gasteiger partial charge in [0.25, 0.3) is 0 Å². The van der Waals surface area contributed by atoms with Crippen molar-refractivity contribution in [3.8, 4) is 0 Å². The fraction of sp³-hybridized carbons (Fsp3) is 0.0909. The van der Waals surface area contributed by atoms with Gasteiger partial charge in [-0.3, -0.25) is 0 Å². The molecular formula is C11H8BrFINO. The Hall–Kier alpha value is -0.560. The summed E-state index contributed by atoms with van der Waals surface area (Å²) < 4.78 is 20.3. The van der Waals surface area contributed by atoms with Crippen molar-refractivity contribution in [2.45, 2.75) is 6.54 Å². The van der Waals surface area contributed by atoms with Gasteiger partial charge in [-0.15, -0.1) is 0 Å². The standard InChI is InChI=1S/C11H8BrFINO/c12-8-2-1-3-9(13)11(8)15-6-7-4-5-10(14)16-7/h1-5,15H,6H2. The first-order chi connectivity index (χ1) is 7.66. The first kappa shape index (κ1) is 11.9. The van der Waals surface area contributed by atoms with E-state index in [1.54, 1.807) is 12.1 Å². The monoisotopic (exact) mass is 395 g/mol. The van der Waals surface area contributed by atoms with Crippen LogP contribution in [-0.4, -0.2) is 0 Å². The minimum Gasteiger partial charge on any atom is -0.454 e. The van der Waals surface area contributed by atoms with Gasteiger partial charge in [0, 0.05) is 4.47 Å². The van der Waals surface area contributed by atoms with Crippen LogP contribution in [0.15, 0.2) is 39.2 Å². The minimum absolute atomic E-state index is 0.282. The average Bonchev–Trinajstić information content (AvgIpc) is 2.63. The highest BCUT2D eigenvalue weighted by molar-refractivity contribution is 14.1. The van der Waals surface area contributed by atoms with Crippen molar-refractivity contribution < 1.29 is 8.81 Å². The van der Waals surface area contributed by atoms with E-state index in [0.29, 0.717) is 16.7 Å². The predicted octanol–water partition coefficient (Wildman–Crippen LogP) is 4.40. The van der Waals surface area contributed by atoms with Crippen LogP contribution in [-0.2, 0) is 6.54 Å². The van der Waals surface area contributed by atoms with E-state index in [4.69, 9.17) is 4.42 Å². The van der Waals surface area contributed by atoms with Gasteiger partial charge in [0.2, 0.25) is 0 Å². The van der Waals surface area contributed by atoms with Crippen molar-refractivity contribution >= 4 is 44.2 Å². The lowest BCUT2D eigenvalue weighted by molar-refractivity contribution is 0.492. The largest absolute Gasteiger partial charge is 0.454 e. The molecule has 2 aromatic rings. The summed E-state index contributed by atoms with van der Waals surface area (Å²) in [5, 5.41) is 2.99. The second kappa shape index (κ2) is 5.18. The second-order valence-corrected chi connectivity index (χ2v) is 5.07. The van der Waals surface area contributed by atoms with E-state index in [1.807, 2.05) is 12.1 Å². The molecule has 1 aromatic heterocycles. The molecule has 0 spiro atoms. The zero-order chi connectivity index (χ0) is 11.5. The molecule has 0 fully saturated rings. The summed E-state index contributed by atoms with van der Waals surface area (Å²) in [6.07, 6.45) is 0. The summed E-state index contributed by atoms with van der Waals surface area (Å²) >= 11 is 5.38. The summed E-state index contributed by atoms with van der Waals surface area (Å²) in [4.78, 5) is 0. The quantitative estimate of drug-likeness (QED) is 0.779. The van der Waals surface area contributed by atoms with Crippen molar-refractivity contribution in [1.82, 2.24) is 0 Å². The van der Waals surface area contributed by atoms with E-state index < -0.39 is 0 Å². The van der Waals surface area contributed by atoms with Crippen LogP contribution >= 0.6 is 38.5 Å². The van der Waals surface area contributed by atoms with Gasteiger partial charge in [0.05, 0.1) is 12.2 Å². The molecule has 84 valence electrons. The smallest absolute Gasteiger partial charge is 0.164 e. The summed E-state index contributed by atoms with van der Waals surface area (Å²) in [5.41, 5.74) is 0.453. The SMILES string of the molecule is Fc1cccc(Br)c1NCc1ccc(I)o1. The van der Waals surface area contributed by atoms with Crippen LogP contribution in [0.5, 0.6) is 0 Å². The minimum atomic E-state index is -0.282. The number of para-hydroxylation sites is 1. The van der Waals surface area contributed by atoms with Gasteiger partial charge in [0.15, 0.2) is 3.77 Å². The number of nitrogens with one attached hydrogen (secondary N) is 1. The number of anilines is 1. The first-order valence-corrected chi connectivity index (χ1v) is 6.46. The lowest BCUT2D eigenvalue weighted by Crippen LogP contribution is -2.01. The molecule has 0 unspecified atom stereocenters. The lowest BCUT2D eigenvalue weighted by Gasteiger charge is -2.07. The van der Waals surface area contributed by atoms with Crippen molar-refractivity contribution in [2.24, 2.45) is 0 Å². The van der Waals surface area contributed by atoms with E-state index in [0.717, 1.165) is 9.53 Å². The van der Waals surface area contributed by atoms with Crippen LogP contribution in [0.1, 0.15) is 5.76 Å². The fourth-order valence-corrected chi connectivity index (χ4v) is 2.23. The van der Waals surface area contributed by atoms with E-state index in [1.165, 1.54) is 6.07 Å². The predicted molar refractivity (Wildman–Crippen MR) is 72.9 cm³/mol. The van der Waals surface area contributed by atoms with Gasteiger partial charge >= 0.3 is 0 Å². The first-order valence-electron chi connectivity index (χ1n) is 4.59. The Kier molecular flexibility index (Phi) is 3.86. The molecule has 0 saturated carbocycles. The van der Waals surface area contributed by atoms with Gasteiger partial charge in [-0.1, -0.05) is 6.07 Å². The third-order valence-corrected chi connectivity index (χ3v) is 3.27. The van der Waals surface area contributed by atoms with E-state index in [-0.39, 0.29) is 5.82 Å². The van der Waals surface area contributed by atoms with Gasteiger partial charge in [-0.05, 0) is 62.8 Å². The molecule has 0 aliphatic heterocycles. The van der Waals surface area contributed by atoms with E-state index in [2.05, 4.69) is 43.8 Å². The summed E-state index contributed by atoms with van der Waals surface area (Å²) in [6.45, 7) is 0.461. The summed E-state index contributed by atoms with van der Waals surface area (Å²) in [7, 11) is 0. The zero-order valence-electron chi connectivity index (χ0n) is 8.14. The van der Waals surface area contributed by atoms with E-state index in [9.17, 15) is 4.39 Å². The Bertz CT molecular complexity index is 480. The highest BCUT2D eigenvalue weighted by Crippen LogP contribution is 2.25. The molecule has 0 bridgehead atoms. The molecule has 16 heavy (non-hydrogen) atoms. The summed E-state index contributed by atoms with van der Waals surface area (Å²) in [5.74, 6) is 0.496. The third-order valence-electron chi connectivity index (χ3n) is 2.03. The van der Waals surface area contributed by atoms with Crippen LogP contribution in [0.2, 0.25) is 0 Å². The Balaban J connectivity index is 2.10. The highest BCUT2D eigenvalue weighted by atomic mass is 127. The maximum Gasteiger partial charge on any atom is 0.164 e. The third kappa shape index (κ3) is 2.76. The van der Waals surface area contributed by atoms with Crippen molar-refractivity contribution in [3.63, 3.8) is 0 Å². The van der Waals surface area contributed by atoms with E-state index >= 15 is 0 Å². The Labute approximate surface area is 114 Å². The molecule has 2 rings (SSSR count). The maximum absolute atomic E-state index is 13.4. The van der Waals surface area contributed by atoms with Crippen LogP contribution in [0.25, 0.3) is 0 Å². The number of hydrogen-bond acceptors (Lipinski definition) is 2. The molecular weight excluding hydrogens is 388 g/mol. The van der Waals surface area contributed by atoms with Gasteiger partial charge in [-0.25, -0.2) is 4.39 Å². The lowest BCUT2D eigenvalue weighted by atomic mass is 10.3. The van der Waals surface area contributed by atoms with Gasteiger partial charge < -0.3 is 9.73 Å². The van der Waals surface area contributed by atoms with Crippen molar-refractivity contribution in [3.05, 3.63) is 50.1 Å². The van der Waals surface area contributed by atoms with Crippen LogP contribution in [0.3, 0.4) is 0 Å². The molecule has 0 radical (unpaired) electrons. The molecule has 5 heteroatoms. The number of halogens is 3. The normalized spacial score (nSPS) is 10.4. The van der Waals surface area contributed by atoms with Crippen molar-refractivity contribution in [2.75, 3.05) is 5.32 Å². The number of rotatable bonds is 3. The van der Waals surface area contributed by atoms with Crippen LogP contribution in [0, 0.1) is 9.58 Å². The molecule has 0 amide bonds. The highest BCUT2D eigenvalue weighted by Gasteiger charge is 2.06. The van der Waals surface area contributed by atoms with Crippen molar-refractivity contribution in [1.29, 1.82) is 0 Å². The molecule has 0 aliphatic rings. The molecule has 0 aliphatic carbocycles. The Morgan fingerprint density at radius 2 is 2.12 bits per heavy atom. The van der Waals surface area contributed by atoms with Crippen LogP contribution < -0.4 is 5.32 Å².